The molecule has 1 N–H and O–H groups in total. The number of fused-ring (bicyclic) bond motifs is 2. The summed E-state index contributed by atoms with van der Waals surface area (Å²) in [7, 11) is 2.23. The molecule has 4 heterocycles. The van der Waals surface area contributed by atoms with Crippen molar-refractivity contribution in [3.8, 4) is 0 Å². The Bertz CT molecular complexity index is 923. The highest BCUT2D eigenvalue weighted by Gasteiger charge is 2.28. The van der Waals surface area contributed by atoms with Gasteiger partial charge in [0.15, 0.2) is 0 Å². The summed E-state index contributed by atoms with van der Waals surface area (Å²) >= 11 is 1.81. The number of hydrogen-bond acceptors (Lipinski definition) is 6. The fraction of sp³-hybridized carbons (Fsp3) is 0.476. The number of hydrogen-bond donors (Lipinski definition) is 1. The summed E-state index contributed by atoms with van der Waals surface area (Å²) in [6.07, 6.45) is 5.05. The van der Waals surface area contributed by atoms with Gasteiger partial charge < -0.3 is 15.0 Å². The highest BCUT2D eigenvalue weighted by molar-refractivity contribution is 7.16. The van der Waals surface area contributed by atoms with Gasteiger partial charge in [-0.05, 0) is 45.5 Å². The first-order valence-corrected chi connectivity index (χ1v) is 10.5. The molecule has 1 saturated heterocycles. The molecule has 2 aliphatic rings. The zero-order valence-corrected chi connectivity index (χ0v) is 17.2. The number of pyridine rings is 1. The summed E-state index contributed by atoms with van der Waals surface area (Å²) in [5, 5.41) is 6.95. The molecule has 27 heavy (non-hydrogen) atoms. The predicted molar refractivity (Wildman–Crippen MR) is 112 cm³/mol. The van der Waals surface area contributed by atoms with Gasteiger partial charge in [0.2, 0.25) is 0 Å². The molecule has 2 aliphatic heterocycles. The fourth-order valence-electron chi connectivity index (χ4n) is 3.94. The average molecular weight is 385 g/mol. The predicted octanol–water partition coefficient (Wildman–Crippen LogP) is 1.81. The summed E-state index contributed by atoms with van der Waals surface area (Å²) in [6.45, 7) is 8.91. The van der Waals surface area contributed by atoms with Crippen LogP contribution < -0.4 is 15.9 Å². The van der Waals surface area contributed by atoms with Crippen molar-refractivity contribution in [3.05, 3.63) is 45.4 Å². The second kappa shape index (κ2) is 8.00. The van der Waals surface area contributed by atoms with Gasteiger partial charge >= 0.3 is 0 Å². The zero-order valence-electron chi connectivity index (χ0n) is 16.4. The molecule has 0 spiro atoms. The highest BCUT2D eigenvalue weighted by Crippen LogP contribution is 2.34. The van der Waals surface area contributed by atoms with Crippen molar-refractivity contribution < 1.29 is 4.74 Å². The molecule has 2 aromatic rings. The van der Waals surface area contributed by atoms with E-state index in [-0.39, 0.29) is 0 Å². The molecule has 0 aromatic carbocycles. The minimum atomic E-state index is 0.494. The van der Waals surface area contributed by atoms with Gasteiger partial charge in [-0.25, -0.2) is 0 Å². The van der Waals surface area contributed by atoms with Crippen molar-refractivity contribution in [2.24, 2.45) is 0 Å². The van der Waals surface area contributed by atoms with Crippen LogP contribution in [0.1, 0.15) is 23.8 Å². The highest BCUT2D eigenvalue weighted by atomic mass is 32.1. The quantitative estimate of drug-likeness (QED) is 0.797. The Morgan fingerprint density at radius 2 is 2.26 bits per heavy atom. The maximum absolute atomic E-state index is 5.62. The molecular formula is C21H28N4OS. The first-order valence-electron chi connectivity index (χ1n) is 9.73. The first-order chi connectivity index (χ1) is 13.2. The van der Waals surface area contributed by atoms with E-state index < -0.39 is 0 Å². The number of aryl methyl sites for hydroxylation is 1. The number of piperazine rings is 1. The number of rotatable bonds is 5. The summed E-state index contributed by atoms with van der Waals surface area (Å²) in [4.78, 5) is 11.1. The van der Waals surface area contributed by atoms with Gasteiger partial charge in [-0.1, -0.05) is 0 Å². The van der Waals surface area contributed by atoms with Gasteiger partial charge in [0.1, 0.15) is 5.00 Å². The van der Waals surface area contributed by atoms with E-state index in [1.54, 1.807) is 0 Å². The van der Waals surface area contributed by atoms with E-state index in [9.17, 15) is 0 Å². The van der Waals surface area contributed by atoms with Gasteiger partial charge in [-0.2, -0.15) is 0 Å². The maximum atomic E-state index is 5.62. The van der Waals surface area contributed by atoms with Gasteiger partial charge in [0.05, 0.1) is 11.0 Å². The van der Waals surface area contributed by atoms with Crippen molar-refractivity contribution in [1.82, 2.24) is 14.8 Å². The van der Waals surface area contributed by atoms with Crippen LogP contribution in [0.2, 0.25) is 0 Å². The molecule has 144 valence electrons. The molecule has 1 atom stereocenters. The second-order valence-electron chi connectivity index (χ2n) is 7.24. The SMILES string of the molecule is CCOCCC1CN(C2=c3ncccc3=CNc3sc(C)cc32)CCN1C. The van der Waals surface area contributed by atoms with Crippen LogP contribution in [0.5, 0.6) is 0 Å². The number of nitrogens with zero attached hydrogens (tertiary/aromatic N) is 3. The molecule has 0 saturated carbocycles. The number of likely N-dealkylation sites (N-methyl/N-ethyl adjacent to an activating group) is 1. The lowest BCUT2D eigenvalue weighted by molar-refractivity contribution is 0.0812. The Balaban J connectivity index is 1.75. The van der Waals surface area contributed by atoms with Crippen LogP contribution in [0, 0.1) is 6.92 Å². The number of anilines is 1. The smallest absolute Gasteiger partial charge is 0.102 e. The molecule has 5 nitrogen and oxygen atoms in total. The molecule has 6 heteroatoms. The number of thiophene rings is 1. The van der Waals surface area contributed by atoms with Crippen LogP contribution in [-0.4, -0.2) is 60.7 Å². The Morgan fingerprint density at radius 1 is 1.37 bits per heavy atom. The topological polar surface area (TPSA) is 40.6 Å². The number of nitrogens with one attached hydrogen (secondary N) is 1. The fourth-order valence-corrected chi connectivity index (χ4v) is 4.83. The molecule has 0 aliphatic carbocycles. The van der Waals surface area contributed by atoms with Crippen molar-refractivity contribution in [1.29, 1.82) is 0 Å². The minimum Gasteiger partial charge on any atom is -0.382 e. The van der Waals surface area contributed by atoms with Gasteiger partial charge in [0.25, 0.3) is 0 Å². The van der Waals surface area contributed by atoms with Crippen molar-refractivity contribution in [2.75, 3.05) is 45.2 Å². The molecule has 0 radical (unpaired) electrons. The van der Waals surface area contributed by atoms with Crippen LogP contribution >= 0.6 is 11.3 Å². The van der Waals surface area contributed by atoms with Crippen LogP contribution in [0.3, 0.4) is 0 Å². The Morgan fingerprint density at radius 3 is 3.11 bits per heavy atom. The van der Waals surface area contributed by atoms with E-state index in [4.69, 9.17) is 9.72 Å². The molecule has 0 amide bonds. The third-order valence-corrected chi connectivity index (χ3v) is 6.41. The van der Waals surface area contributed by atoms with E-state index in [1.807, 2.05) is 23.6 Å². The van der Waals surface area contributed by atoms with Gasteiger partial charge in [-0.3, -0.25) is 9.88 Å². The lowest BCUT2D eigenvalue weighted by Gasteiger charge is -2.41. The lowest BCUT2D eigenvalue weighted by atomic mass is 10.1. The van der Waals surface area contributed by atoms with E-state index in [0.717, 1.165) is 49.8 Å². The van der Waals surface area contributed by atoms with E-state index in [2.05, 4.69) is 54.3 Å². The van der Waals surface area contributed by atoms with Gasteiger partial charge in [0, 0.05) is 66.9 Å². The normalized spacial score (nSPS) is 19.7. The third-order valence-electron chi connectivity index (χ3n) is 5.43. The lowest BCUT2D eigenvalue weighted by Crippen LogP contribution is -2.52. The number of aromatic nitrogens is 1. The second-order valence-corrected chi connectivity index (χ2v) is 8.50. The van der Waals surface area contributed by atoms with Crippen molar-refractivity contribution in [2.45, 2.75) is 26.3 Å². The van der Waals surface area contributed by atoms with Crippen LogP contribution in [-0.2, 0) is 4.74 Å². The maximum Gasteiger partial charge on any atom is 0.102 e. The van der Waals surface area contributed by atoms with Crippen LogP contribution in [0.25, 0.3) is 11.9 Å². The summed E-state index contributed by atoms with van der Waals surface area (Å²) in [5.41, 5.74) is 2.54. The van der Waals surface area contributed by atoms with Crippen LogP contribution in [0.15, 0.2) is 24.4 Å². The Kier molecular flexibility index (Phi) is 5.48. The van der Waals surface area contributed by atoms with Crippen LogP contribution in [0.4, 0.5) is 5.00 Å². The van der Waals surface area contributed by atoms with E-state index >= 15 is 0 Å². The Labute approximate surface area is 165 Å². The third kappa shape index (κ3) is 3.74. The summed E-state index contributed by atoms with van der Waals surface area (Å²) in [5.74, 6) is 0. The van der Waals surface area contributed by atoms with Gasteiger partial charge in [-0.15, -0.1) is 11.3 Å². The number of ether oxygens (including phenoxy) is 1. The van der Waals surface area contributed by atoms with E-state index in [1.165, 1.54) is 21.1 Å². The monoisotopic (exact) mass is 384 g/mol. The summed E-state index contributed by atoms with van der Waals surface area (Å²) < 4.78 is 5.62. The molecule has 4 rings (SSSR count). The standard InChI is InChI=1S/C21H28N4OS/c1-4-26-11-7-17-14-25(10-9-24(17)3)20-18-12-15(2)27-21(18)23-13-16-6-5-8-22-19(16)20/h5-6,8,12-13,17,23H,4,7,9-11,14H2,1-3H3. The minimum absolute atomic E-state index is 0.494. The molecule has 2 aromatic heterocycles. The van der Waals surface area contributed by atoms with E-state index in [0.29, 0.717) is 6.04 Å². The first kappa shape index (κ1) is 18.5. The molecular weight excluding hydrogens is 356 g/mol. The van der Waals surface area contributed by atoms with Crippen molar-refractivity contribution in [3.63, 3.8) is 0 Å². The summed E-state index contributed by atoms with van der Waals surface area (Å²) in [6, 6.07) is 6.94. The molecule has 0 bridgehead atoms. The average Bonchev–Trinajstić information content (AvgIpc) is 2.96. The van der Waals surface area contributed by atoms with Crippen molar-refractivity contribution >= 4 is 28.2 Å². The zero-order chi connectivity index (χ0) is 18.8. The molecule has 1 fully saturated rings. The molecule has 1 unspecified atom stereocenters. The Hall–Kier alpha value is -1.89. The largest absolute Gasteiger partial charge is 0.382 e.